The summed E-state index contributed by atoms with van der Waals surface area (Å²) in [6, 6.07) is 3.95. The molecule has 1 aromatic carbocycles. The van der Waals surface area contributed by atoms with Crippen LogP contribution in [0.1, 0.15) is 50.2 Å². The van der Waals surface area contributed by atoms with Gasteiger partial charge in [-0.15, -0.1) is 0 Å². The molecule has 3 rings (SSSR count). The Morgan fingerprint density at radius 1 is 1.10 bits per heavy atom. The minimum atomic E-state index is -0.794. The fourth-order valence-electron chi connectivity index (χ4n) is 4.06. The highest BCUT2D eigenvalue weighted by molar-refractivity contribution is 5.20. The topological polar surface area (TPSA) is 23.5 Å². The number of benzene rings is 1. The van der Waals surface area contributed by atoms with Crippen LogP contribution in [0.4, 0.5) is 8.78 Å². The van der Waals surface area contributed by atoms with Crippen molar-refractivity contribution in [2.75, 3.05) is 13.1 Å². The maximum atomic E-state index is 13.2. The van der Waals surface area contributed by atoms with Crippen LogP contribution in [-0.4, -0.2) is 29.1 Å². The van der Waals surface area contributed by atoms with Crippen LogP contribution in [0, 0.1) is 17.6 Å². The molecule has 1 aliphatic carbocycles. The molecule has 1 saturated carbocycles. The van der Waals surface area contributed by atoms with Crippen LogP contribution < -0.4 is 0 Å². The minimum Gasteiger partial charge on any atom is -0.388 e. The smallest absolute Gasteiger partial charge is 0.126 e. The molecule has 116 valence electrons. The lowest BCUT2D eigenvalue weighted by molar-refractivity contribution is 0.0832. The number of fused-ring (bicyclic) bond motifs is 1. The van der Waals surface area contributed by atoms with Crippen LogP contribution >= 0.6 is 0 Å². The Hall–Kier alpha value is -1.00. The van der Waals surface area contributed by atoms with Crippen molar-refractivity contribution >= 4 is 0 Å². The van der Waals surface area contributed by atoms with Gasteiger partial charge in [0.25, 0.3) is 0 Å². The van der Waals surface area contributed by atoms with Gasteiger partial charge in [-0.1, -0.05) is 6.42 Å². The van der Waals surface area contributed by atoms with Crippen molar-refractivity contribution in [2.45, 2.75) is 50.7 Å². The fourth-order valence-corrected chi connectivity index (χ4v) is 4.06. The average Bonchev–Trinajstić information content (AvgIpc) is 2.92. The zero-order chi connectivity index (χ0) is 14.8. The molecular formula is C17H23F2NO. The number of rotatable bonds is 4. The second-order valence-corrected chi connectivity index (χ2v) is 6.44. The maximum Gasteiger partial charge on any atom is 0.126 e. The third-order valence-corrected chi connectivity index (χ3v) is 5.07. The van der Waals surface area contributed by atoms with Crippen LogP contribution in [-0.2, 0) is 0 Å². The standard InChI is InChI=1S/C17H23F2NO/c18-14-9-13(10-15(19)11-14)17(21)6-8-20-7-2-4-12-3-1-5-16(12)20/h9-12,16-17,21H,1-8H2. The van der Waals surface area contributed by atoms with Crippen molar-refractivity contribution in [3.63, 3.8) is 0 Å². The second kappa shape index (κ2) is 6.41. The Labute approximate surface area is 124 Å². The first-order valence-corrected chi connectivity index (χ1v) is 8.01. The van der Waals surface area contributed by atoms with Gasteiger partial charge in [-0.3, -0.25) is 0 Å². The SMILES string of the molecule is OC(CCN1CCCC2CCCC21)c1cc(F)cc(F)c1. The highest BCUT2D eigenvalue weighted by Gasteiger charge is 2.34. The van der Waals surface area contributed by atoms with E-state index in [1.54, 1.807) is 0 Å². The molecule has 1 saturated heterocycles. The number of likely N-dealkylation sites (tertiary alicyclic amines) is 1. The van der Waals surface area contributed by atoms with E-state index in [2.05, 4.69) is 4.90 Å². The summed E-state index contributed by atoms with van der Waals surface area (Å²) in [7, 11) is 0. The van der Waals surface area contributed by atoms with Crippen LogP contribution in [0.25, 0.3) is 0 Å². The van der Waals surface area contributed by atoms with Gasteiger partial charge in [0, 0.05) is 18.7 Å². The Morgan fingerprint density at radius 2 is 1.81 bits per heavy atom. The van der Waals surface area contributed by atoms with Gasteiger partial charge in [-0.2, -0.15) is 0 Å². The molecule has 2 fully saturated rings. The number of hydrogen-bond acceptors (Lipinski definition) is 2. The monoisotopic (exact) mass is 295 g/mol. The Kier molecular flexibility index (Phi) is 4.55. The number of piperidine rings is 1. The lowest BCUT2D eigenvalue weighted by Gasteiger charge is -2.38. The summed E-state index contributed by atoms with van der Waals surface area (Å²) in [6.07, 6.45) is 6.20. The molecule has 21 heavy (non-hydrogen) atoms. The molecule has 2 nitrogen and oxygen atoms in total. The molecule has 4 heteroatoms. The van der Waals surface area contributed by atoms with Gasteiger partial charge in [0.15, 0.2) is 0 Å². The molecule has 1 aliphatic heterocycles. The first-order valence-electron chi connectivity index (χ1n) is 8.01. The van der Waals surface area contributed by atoms with Crippen LogP contribution in [0.5, 0.6) is 0 Å². The maximum absolute atomic E-state index is 13.2. The zero-order valence-electron chi connectivity index (χ0n) is 12.3. The van der Waals surface area contributed by atoms with E-state index in [1.807, 2.05) is 0 Å². The Balaban J connectivity index is 1.59. The quantitative estimate of drug-likeness (QED) is 0.916. The van der Waals surface area contributed by atoms with E-state index < -0.39 is 17.7 Å². The van der Waals surface area contributed by atoms with E-state index >= 15 is 0 Å². The third-order valence-electron chi connectivity index (χ3n) is 5.07. The summed E-state index contributed by atoms with van der Waals surface area (Å²) >= 11 is 0. The number of aliphatic hydroxyl groups excluding tert-OH is 1. The molecule has 1 heterocycles. The first-order chi connectivity index (χ1) is 10.1. The lowest BCUT2D eigenvalue weighted by atomic mass is 9.91. The van der Waals surface area contributed by atoms with Crippen molar-refractivity contribution in [2.24, 2.45) is 5.92 Å². The van der Waals surface area contributed by atoms with E-state index in [0.717, 1.165) is 25.1 Å². The first kappa shape index (κ1) is 14.9. The van der Waals surface area contributed by atoms with E-state index in [0.29, 0.717) is 18.0 Å². The minimum absolute atomic E-state index is 0.340. The van der Waals surface area contributed by atoms with Gasteiger partial charge in [0.05, 0.1) is 6.10 Å². The zero-order valence-corrected chi connectivity index (χ0v) is 12.3. The number of hydrogen-bond donors (Lipinski definition) is 1. The van der Waals surface area contributed by atoms with Gasteiger partial charge in [0.1, 0.15) is 11.6 Å². The predicted octanol–water partition coefficient (Wildman–Crippen LogP) is 3.65. The van der Waals surface area contributed by atoms with Crippen LogP contribution in [0.3, 0.4) is 0 Å². The molecule has 0 aromatic heterocycles. The Morgan fingerprint density at radius 3 is 2.57 bits per heavy atom. The predicted molar refractivity (Wildman–Crippen MR) is 77.9 cm³/mol. The highest BCUT2D eigenvalue weighted by Crippen LogP contribution is 2.37. The van der Waals surface area contributed by atoms with Crippen LogP contribution in [0.2, 0.25) is 0 Å². The molecule has 0 amide bonds. The highest BCUT2D eigenvalue weighted by atomic mass is 19.1. The normalized spacial score (nSPS) is 27.6. The summed E-state index contributed by atoms with van der Waals surface area (Å²) in [4.78, 5) is 2.47. The van der Waals surface area contributed by atoms with E-state index in [-0.39, 0.29) is 0 Å². The second-order valence-electron chi connectivity index (χ2n) is 6.44. The van der Waals surface area contributed by atoms with Gasteiger partial charge in [0.2, 0.25) is 0 Å². The number of nitrogens with zero attached hydrogens (tertiary/aromatic N) is 1. The largest absolute Gasteiger partial charge is 0.388 e. The summed E-state index contributed by atoms with van der Waals surface area (Å²) in [6.45, 7) is 1.89. The molecule has 1 N–H and O–H groups in total. The molecular weight excluding hydrogens is 272 g/mol. The molecule has 0 spiro atoms. The molecule has 3 unspecified atom stereocenters. The summed E-state index contributed by atoms with van der Waals surface area (Å²) in [5.74, 6) is -0.432. The lowest BCUT2D eigenvalue weighted by Crippen LogP contribution is -2.43. The number of aliphatic hydroxyl groups is 1. The average molecular weight is 295 g/mol. The van der Waals surface area contributed by atoms with Gasteiger partial charge >= 0.3 is 0 Å². The van der Waals surface area contributed by atoms with E-state index in [4.69, 9.17) is 0 Å². The van der Waals surface area contributed by atoms with Crippen molar-refractivity contribution in [1.29, 1.82) is 0 Å². The van der Waals surface area contributed by atoms with Crippen molar-refractivity contribution in [3.05, 3.63) is 35.4 Å². The molecule has 2 aliphatic rings. The van der Waals surface area contributed by atoms with Crippen molar-refractivity contribution in [1.82, 2.24) is 4.90 Å². The van der Waals surface area contributed by atoms with Gasteiger partial charge in [-0.05, 0) is 62.3 Å². The third kappa shape index (κ3) is 3.43. The summed E-state index contributed by atoms with van der Waals surface area (Å²) in [5, 5.41) is 10.2. The van der Waals surface area contributed by atoms with E-state index in [9.17, 15) is 13.9 Å². The summed E-state index contributed by atoms with van der Waals surface area (Å²) < 4.78 is 26.4. The van der Waals surface area contributed by atoms with Crippen LogP contribution in [0.15, 0.2) is 18.2 Å². The molecule has 0 radical (unpaired) electrons. The van der Waals surface area contributed by atoms with Gasteiger partial charge in [-0.25, -0.2) is 8.78 Å². The summed E-state index contributed by atoms with van der Waals surface area (Å²) in [5.41, 5.74) is 0.340. The van der Waals surface area contributed by atoms with Crippen molar-refractivity contribution in [3.8, 4) is 0 Å². The molecule has 3 atom stereocenters. The Bertz CT molecular complexity index is 473. The van der Waals surface area contributed by atoms with Crippen molar-refractivity contribution < 1.29 is 13.9 Å². The molecule has 1 aromatic rings. The molecule has 0 bridgehead atoms. The number of halogens is 2. The van der Waals surface area contributed by atoms with Gasteiger partial charge < -0.3 is 10.0 Å². The van der Waals surface area contributed by atoms with E-state index in [1.165, 1.54) is 44.2 Å². The fraction of sp³-hybridized carbons (Fsp3) is 0.647.